The zero-order valence-electron chi connectivity index (χ0n) is 8.18. The summed E-state index contributed by atoms with van der Waals surface area (Å²) in [5.41, 5.74) is 6.58. The SMILES string of the molecule is Cn1ncc(-c2c(O)cccc2O)c1N. The number of aryl methyl sites for hydroxylation is 1. The van der Waals surface area contributed by atoms with E-state index in [1.54, 1.807) is 13.1 Å². The Morgan fingerprint density at radius 3 is 2.33 bits per heavy atom. The maximum absolute atomic E-state index is 9.63. The Hall–Kier alpha value is -2.17. The number of phenols is 2. The molecule has 1 aromatic carbocycles. The van der Waals surface area contributed by atoms with Crippen LogP contribution in [0.4, 0.5) is 5.82 Å². The molecule has 0 bridgehead atoms. The van der Waals surface area contributed by atoms with Crippen LogP contribution in [0.3, 0.4) is 0 Å². The van der Waals surface area contributed by atoms with Gasteiger partial charge in [-0.2, -0.15) is 5.10 Å². The van der Waals surface area contributed by atoms with Crippen molar-refractivity contribution in [3.63, 3.8) is 0 Å². The summed E-state index contributed by atoms with van der Waals surface area (Å²) in [6.07, 6.45) is 1.50. The molecule has 1 aromatic heterocycles. The van der Waals surface area contributed by atoms with Crippen LogP contribution in [-0.2, 0) is 7.05 Å². The van der Waals surface area contributed by atoms with Crippen molar-refractivity contribution in [2.24, 2.45) is 7.05 Å². The molecule has 0 saturated heterocycles. The number of hydrogen-bond donors (Lipinski definition) is 3. The third-order valence-electron chi connectivity index (χ3n) is 2.27. The van der Waals surface area contributed by atoms with Crippen LogP contribution in [-0.4, -0.2) is 20.0 Å². The predicted octanol–water partition coefficient (Wildman–Crippen LogP) is 1.08. The fourth-order valence-corrected chi connectivity index (χ4v) is 1.44. The van der Waals surface area contributed by atoms with Crippen molar-refractivity contribution >= 4 is 5.82 Å². The molecule has 2 rings (SSSR count). The highest BCUT2D eigenvalue weighted by atomic mass is 16.3. The average Bonchev–Trinajstić information content (AvgIpc) is 2.49. The smallest absolute Gasteiger partial charge is 0.129 e. The summed E-state index contributed by atoms with van der Waals surface area (Å²) >= 11 is 0. The summed E-state index contributed by atoms with van der Waals surface area (Å²) in [6, 6.07) is 4.53. The van der Waals surface area contributed by atoms with Crippen LogP contribution >= 0.6 is 0 Å². The van der Waals surface area contributed by atoms with E-state index in [9.17, 15) is 10.2 Å². The lowest BCUT2D eigenvalue weighted by Gasteiger charge is -2.05. The number of phenolic OH excluding ortho intramolecular Hbond substituents is 2. The third kappa shape index (κ3) is 1.38. The van der Waals surface area contributed by atoms with Gasteiger partial charge < -0.3 is 15.9 Å². The van der Waals surface area contributed by atoms with E-state index in [2.05, 4.69) is 5.10 Å². The molecule has 0 aliphatic heterocycles. The summed E-state index contributed by atoms with van der Waals surface area (Å²) in [4.78, 5) is 0. The van der Waals surface area contributed by atoms with Gasteiger partial charge in [-0.3, -0.25) is 4.68 Å². The predicted molar refractivity (Wildman–Crippen MR) is 56.4 cm³/mol. The van der Waals surface area contributed by atoms with Crippen LogP contribution in [0.1, 0.15) is 0 Å². The molecule has 0 aliphatic carbocycles. The number of aromatic hydroxyl groups is 2. The topological polar surface area (TPSA) is 84.3 Å². The summed E-state index contributed by atoms with van der Waals surface area (Å²) < 4.78 is 1.47. The number of nitrogen functional groups attached to an aromatic ring is 1. The molecule has 0 unspecified atom stereocenters. The molecule has 5 nitrogen and oxygen atoms in total. The Labute approximate surface area is 86.4 Å². The fraction of sp³-hybridized carbons (Fsp3) is 0.100. The average molecular weight is 205 g/mol. The molecule has 0 aliphatic rings. The maximum atomic E-state index is 9.63. The first-order valence-corrected chi connectivity index (χ1v) is 4.40. The van der Waals surface area contributed by atoms with E-state index in [-0.39, 0.29) is 11.5 Å². The first kappa shape index (κ1) is 9.39. The first-order valence-electron chi connectivity index (χ1n) is 4.40. The third-order valence-corrected chi connectivity index (χ3v) is 2.27. The molecule has 0 saturated carbocycles. The van der Waals surface area contributed by atoms with Gasteiger partial charge in [-0.1, -0.05) is 6.07 Å². The lowest BCUT2D eigenvalue weighted by Crippen LogP contribution is -1.98. The highest BCUT2D eigenvalue weighted by Gasteiger charge is 2.15. The number of anilines is 1. The van der Waals surface area contributed by atoms with E-state index in [4.69, 9.17) is 5.73 Å². The molecule has 5 heteroatoms. The minimum atomic E-state index is -0.0188. The standard InChI is InChI=1S/C10H11N3O2/c1-13-10(11)6(5-12-13)9-7(14)3-2-4-8(9)15/h2-5,14-15H,11H2,1H3. The largest absolute Gasteiger partial charge is 0.507 e. The quantitative estimate of drug-likeness (QED) is 0.650. The molecule has 0 spiro atoms. The van der Waals surface area contributed by atoms with Crippen molar-refractivity contribution in [1.29, 1.82) is 0 Å². The van der Waals surface area contributed by atoms with Gasteiger partial charge in [-0.15, -0.1) is 0 Å². The van der Waals surface area contributed by atoms with Gasteiger partial charge in [0.05, 0.1) is 17.3 Å². The van der Waals surface area contributed by atoms with E-state index in [1.165, 1.54) is 23.0 Å². The van der Waals surface area contributed by atoms with Crippen LogP contribution in [0.2, 0.25) is 0 Å². The molecule has 2 aromatic rings. The van der Waals surface area contributed by atoms with Gasteiger partial charge in [0.1, 0.15) is 17.3 Å². The van der Waals surface area contributed by atoms with Gasteiger partial charge in [0.15, 0.2) is 0 Å². The van der Waals surface area contributed by atoms with Crippen molar-refractivity contribution in [1.82, 2.24) is 9.78 Å². The number of rotatable bonds is 1. The summed E-state index contributed by atoms with van der Waals surface area (Å²) in [6.45, 7) is 0. The maximum Gasteiger partial charge on any atom is 0.129 e. The molecule has 1 heterocycles. The number of nitrogens with two attached hydrogens (primary N) is 1. The molecule has 4 N–H and O–H groups in total. The molecular formula is C10H11N3O2. The normalized spacial score (nSPS) is 10.5. The van der Waals surface area contributed by atoms with Crippen molar-refractivity contribution in [3.8, 4) is 22.6 Å². The summed E-state index contributed by atoms with van der Waals surface area (Å²) in [5, 5.41) is 23.2. The number of nitrogens with zero attached hydrogens (tertiary/aromatic N) is 2. The minimum Gasteiger partial charge on any atom is -0.507 e. The van der Waals surface area contributed by atoms with E-state index in [0.29, 0.717) is 16.9 Å². The van der Waals surface area contributed by atoms with Crippen LogP contribution in [0.25, 0.3) is 11.1 Å². The molecule has 15 heavy (non-hydrogen) atoms. The van der Waals surface area contributed by atoms with Gasteiger partial charge >= 0.3 is 0 Å². The lowest BCUT2D eigenvalue weighted by molar-refractivity contribution is 0.454. The Morgan fingerprint density at radius 1 is 1.27 bits per heavy atom. The number of benzene rings is 1. The summed E-state index contributed by atoms with van der Waals surface area (Å²) in [5.74, 6) is 0.358. The van der Waals surface area contributed by atoms with Gasteiger partial charge in [0.2, 0.25) is 0 Å². The van der Waals surface area contributed by atoms with E-state index in [0.717, 1.165) is 0 Å². The molecule has 0 amide bonds. The van der Waals surface area contributed by atoms with Crippen LogP contribution in [0.15, 0.2) is 24.4 Å². The number of hydrogen-bond acceptors (Lipinski definition) is 4. The second-order valence-corrected chi connectivity index (χ2v) is 3.24. The molecule has 0 atom stereocenters. The van der Waals surface area contributed by atoms with E-state index < -0.39 is 0 Å². The Balaban J connectivity index is 2.69. The number of aromatic nitrogens is 2. The van der Waals surface area contributed by atoms with Crippen molar-refractivity contribution in [2.45, 2.75) is 0 Å². The van der Waals surface area contributed by atoms with Crippen molar-refractivity contribution in [3.05, 3.63) is 24.4 Å². The highest BCUT2D eigenvalue weighted by Crippen LogP contribution is 2.39. The zero-order valence-corrected chi connectivity index (χ0v) is 8.18. The van der Waals surface area contributed by atoms with Crippen LogP contribution in [0.5, 0.6) is 11.5 Å². The molecule has 0 fully saturated rings. The van der Waals surface area contributed by atoms with Crippen molar-refractivity contribution in [2.75, 3.05) is 5.73 Å². The van der Waals surface area contributed by atoms with Gasteiger partial charge in [0, 0.05) is 7.05 Å². The second kappa shape index (κ2) is 3.20. The van der Waals surface area contributed by atoms with Crippen molar-refractivity contribution < 1.29 is 10.2 Å². The van der Waals surface area contributed by atoms with Gasteiger partial charge in [-0.25, -0.2) is 0 Å². The molecule has 0 radical (unpaired) electrons. The molecular weight excluding hydrogens is 194 g/mol. The first-order chi connectivity index (χ1) is 7.11. The minimum absolute atomic E-state index is 0.0188. The zero-order chi connectivity index (χ0) is 11.0. The lowest BCUT2D eigenvalue weighted by atomic mass is 10.1. The molecule has 78 valence electrons. The monoisotopic (exact) mass is 205 g/mol. The van der Waals surface area contributed by atoms with Gasteiger partial charge in [0.25, 0.3) is 0 Å². The summed E-state index contributed by atoms with van der Waals surface area (Å²) in [7, 11) is 1.69. The Bertz CT molecular complexity index is 485. The van der Waals surface area contributed by atoms with Crippen LogP contribution in [0, 0.1) is 0 Å². The van der Waals surface area contributed by atoms with Crippen LogP contribution < -0.4 is 5.73 Å². The van der Waals surface area contributed by atoms with E-state index in [1.807, 2.05) is 0 Å². The Morgan fingerprint density at radius 2 is 1.87 bits per heavy atom. The van der Waals surface area contributed by atoms with Gasteiger partial charge in [-0.05, 0) is 12.1 Å². The highest BCUT2D eigenvalue weighted by molar-refractivity contribution is 5.82. The second-order valence-electron chi connectivity index (χ2n) is 3.24. The Kier molecular flexibility index (Phi) is 2.00. The fourth-order valence-electron chi connectivity index (χ4n) is 1.44. The van der Waals surface area contributed by atoms with E-state index >= 15 is 0 Å².